The molecular weight excluding hydrogens is 240 g/mol. The summed E-state index contributed by atoms with van der Waals surface area (Å²) in [6.45, 7) is 14.7. The Labute approximate surface area is 126 Å². The van der Waals surface area contributed by atoms with Gasteiger partial charge in [-0.1, -0.05) is 106 Å². The largest absolute Gasteiger partial charge is 0.0683 e. The molecule has 0 heterocycles. The van der Waals surface area contributed by atoms with Crippen molar-refractivity contribution in [2.24, 2.45) is 5.92 Å². The van der Waals surface area contributed by atoms with Crippen LogP contribution in [-0.4, -0.2) is 0 Å². The summed E-state index contributed by atoms with van der Waals surface area (Å²) in [4.78, 5) is 0. The Morgan fingerprint density at radius 2 is 0.700 bits per heavy atom. The van der Waals surface area contributed by atoms with E-state index in [1.165, 1.54) is 11.1 Å². The highest BCUT2D eigenvalue weighted by molar-refractivity contribution is 5.19. The molecule has 0 heteroatoms. The van der Waals surface area contributed by atoms with Crippen LogP contribution in [0.2, 0.25) is 0 Å². The van der Waals surface area contributed by atoms with Crippen molar-refractivity contribution in [3.63, 3.8) is 0 Å². The van der Waals surface area contributed by atoms with E-state index in [0.717, 1.165) is 5.92 Å². The van der Waals surface area contributed by atoms with Gasteiger partial charge in [0.05, 0.1) is 0 Å². The molecule has 0 unspecified atom stereocenters. The van der Waals surface area contributed by atoms with Gasteiger partial charge in [0.1, 0.15) is 0 Å². The Balaban J connectivity index is 0. The average molecular weight is 272 g/mol. The van der Waals surface area contributed by atoms with Gasteiger partial charge in [0.25, 0.3) is 0 Å². The average Bonchev–Trinajstić information content (AvgIpc) is 2.46. The van der Waals surface area contributed by atoms with E-state index in [1.807, 2.05) is 50.2 Å². The summed E-state index contributed by atoms with van der Waals surface area (Å²) in [5.74, 6) is 0.833. The molecule has 112 valence electrons. The van der Waals surface area contributed by atoms with Crippen LogP contribution in [0.4, 0.5) is 0 Å². The van der Waals surface area contributed by atoms with E-state index in [2.05, 4.69) is 58.9 Å². The Morgan fingerprint density at radius 3 is 0.850 bits per heavy atom. The van der Waals surface area contributed by atoms with Crippen molar-refractivity contribution in [2.45, 2.75) is 48.5 Å². The smallest absolute Gasteiger partial charge is 0.0398 e. The van der Waals surface area contributed by atoms with Crippen LogP contribution in [0.5, 0.6) is 0 Å². The fourth-order valence-corrected chi connectivity index (χ4v) is 1.02. The van der Waals surface area contributed by atoms with Crippen LogP contribution in [0.1, 0.15) is 45.7 Å². The summed E-state index contributed by atoms with van der Waals surface area (Å²) in [7, 11) is 0. The molecule has 0 aliphatic carbocycles. The van der Waals surface area contributed by atoms with Gasteiger partial charge in [-0.05, 0) is 19.8 Å². The molecule has 2 rings (SSSR count). The lowest BCUT2D eigenvalue weighted by Crippen LogP contribution is -1.70. The molecule has 20 heavy (non-hydrogen) atoms. The molecule has 0 spiro atoms. The highest BCUT2D eigenvalue weighted by atomic mass is 13.9. The molecule has 0 fully saturated rings. The maximum absolute atomic E-state index is 2.17. The SMILES string of the molecule is CC.CC(C)C.Cc1ccc(C)cc1.c1ccccc1. The van der Waals surface area contributed by atoms with E-state index in [0.29, 0.717) is 0 Å². The zero-order valence-corrected chi connectivity index (χ0v) is 14.4. The Hall–Kier alpha value is -1.56. The first kappa shape index (κ1) is 20.8. The van der Waals surface area contributed by atoms with Crippen LogP contribution in [0, 0.1) is 19.8 Å². The molecule has 0 aliphatic heterocycles. The van der Waals surface area contributed by atoms with Crippen molar-refractivity contribution >= 4 is 0 Å². The van der Waals surface area contributed by atoms with Gasteiger partial charge in [-0.3, -0.25) is 0 Å². The molecule has 0 bridgehead atoms. The van der Waals surface area contributed by atoms with Crippen molar-refractivity contribution in [2.75, 3.05) is 0 Å². The number of rotatable bonds is 0. The van der Waals surface area contributed by atoms with Gasteiger partial charge in [0.15, 0.2) is 0 Å². The lowest BCUT2D eigenvalue weighted by Gasteiger charge is -1.90. The van der Waals surface area contributed by atoms with Crippen molar-refractivity contribution < 1.29 is 0 Å². The van der Waals surface area contributed by atoms with E-state index >= 15 is 0 Å². The predicted molar refractivity (Wildman–Crippen MR) is 94.2 cm³/mol. The van der Waals surface area contributed by atoms with Gasteiger partial charge in [-0.2, -0.15) is 0 Å². The van der Waals surface area contributed by atoms with Gasteiger partial charge >= 0.3 is 0 Å². The minimum absolute atomic E-state index is 0.833. The maximum Gasteiger partial charge on any atom is -0.0398 e. The highest BCUT2D eigenvalue weighted by Gasteiger charge is 1.79. The van der Waals surface area contributed by atoms with Crippen molar-refractivity contribution in [3.8, 4) is 0 Å². The summed E-state index contributed by atoms with van der Waals surface area (Å²) in [6, 6.07) is 20.5. The van der Waals surface area contributed by atoms with E-state index in [1.54, 1.807) is 0 Å². The first-order valence-corrected chi connectivity index (χ1v) is 7.55. The third kappa shape index (κ3) is 18.8. The molecule has 0 atom stereocenters. The van der Waals surface area contributed by atoms with Gasteiger partial charge < -0.3 is 0 Å². The normalized spacial score (nSPS) is 8.20. The summed E-state index contributed by atoms with van der Waals surface area (Å²) in [5.41, 5.74) is 2.66. The molecule has 0 saturated heterocycles. The monoisotopic (exact) mass is 272 g/mol. The minimum atomic E-state index is 0.833. The van der Waals surface area contributed by atoms with Crippen molar-refractivity contribution in [3.05, 3.63) is 71.8 Å². The Bertz CT molecular complexity index is 320. The van der Waals surface area contributed by atoms with Gasteiger partial charge in [0.2, 0.25) is 0 Å². The third-order valence-electron chi connectivity index (χ3n) is 1.88. The maximum atomic E-state index is 2.17. The molecule has 0 radical (unpaired) electrons. The van der Waals surface area contributed by atoms with E-state index in [-0.39, 0.29) is 0 Å². The molecular formula is C20H32. The van der Waals surface area contributed by atoms with Crippen LogP contribution in [-0.2, 0) is 0 Å². The number of aryl methyl sites for hydroxylation is 2. The quantitative estimate of drug-likeness (QED) is 0.502. The summed E-state index contributed by atoms with van der Waals surface area (Å²) in [6.07, 6.45) is 0. The second-order valence-electron chi connectivity index (χ2n) is 5.04. The lowest BCUT2D eigenvalue weighted by molar-refractivity contribution is 0.737. The van der Waals surface area contributed by atoms with Crippen LogP contribution in [0.3, 0.4) is 0 Å². The third-order valence-corrected chi connectivity index (χ3v) is 1.88. The number of hydrogen-bond donors (Lipinski definition) is 0. The van der Waals surface area contributed by atoms with Gasteiger partial charge in [-0.25, -0.2) is 0 Å². The Kier molecular flexibility index (Phi) is 16.1. The number of benzene rings is 2. The fraction of sp³-hybridized carbons (Fsp3) is 0.400. The van der Waals surface area contributed by atoms with E-state index < -0.39 is 0 Å². The topological polar surface area (TPSA) is 0 Å². The van der Waals surface area contributed by atoms with E-state index in [9.17, 15) is 0 Å². The molecule has 0 N–H and O–H groups in total. The molecule has 0 amide bonds. The lowest BCUT2D eigenvalue weighted by atomic mass is 10.2. The highest BCUT2D eigenvalue weighted by Crippen LogP contribution is 1.99. The summed E-state index contributed by atoms with van der Waals surface area (Å²) in [5, 5.41) is 0. The molecule has 0 aliphatic rings. The molecule has 2 aromatic rings. The zero-order valence-electron chi connectivity index (χ0n) is 14.4. The zero-order chi connectivity index (χ0) is 15.8. The van der Waals surface area contributed by atoms with Crippen molar-refractivity contribution in [1.29, 1.82) is 0 Å². The number of hydrogen-bond acceptors (Lipinski definition) is 0. The fourth-order valence-electron chi connectivity index (χ4n) is 1.02. The van der Waals surface area contributed by atoms with Crippen molar-refractivity contribution in [1.82, 2.24) is 0 Å². The Morgan fingerprint density at radius 1 is 0.550 bits per heavy atom. The molecule has 0 aromatic heterocycles. The first-order chi connectivity index (χ1) is 9.52. The van der Waals surface area contributed by atoms with E-state index in [4.69, 9.17) is 0 Å². The first-order valence-electron chi connectivity index (χ1n) is 7.55. The standard InChI is InChI=1S/C8H10.C6H6.C4H10.C2H6/c1-7-3-5-8(2)6-4-7;1-2-4-6-5-3-1;1-4(2)3;1-2/h3-6H,1-2H3;1-6H;4H,1-3H3;1-2H3. The summed E-state index contributed by atoms with van der Waals surface area (Å²) >= 11 is 0. The minimum Gasteiger partial charge on any atom is -0.0683 e. The molecule has 0 nitrogen and oxygen atoms in total. The van der Waals surface area contributed by atoms with Gasteiger partial charge in [0, 0.05) is 0 Å². The second kappa shape index (κ2) is 15.5. The summed E-state index contributed by atoms with van der Waals surface area (Å²) < 4.78 is 0. The van der Waals surface area contributed by atoms with Crippen LogP contribution < -0.4 is 0 Å². The molecule has 0 saturated carbocycles. The predicted octanol–water partition coefficient (Wildman–Crippen LogP) is 6.68. The van der Waals surface area contributed by atoms with Gasteiger partial charge in [-0.15, -0.1) is 0 Å². The van der Waals surface area contributed by atoms with Crippen LogP contribution >= 0.6 is 0 Å². The van der Waals surface area contributed by atoms with Crippen LogP contribution in [0.25, 0.3) is 0 Å². The molecule has 2 aromatic carbocycles. The second-order valence-corrected chi connectivity index (χ2v) is 5.04. The van der Waals surface area contributed by atoms with Crippen LogP contribution in [0.15, 0.2) is 60.7 Å².